The van der Waals surface area contributed by atoms with E-state index in [2.05, 4.69) is 4.98 Å². The number of nitrogens with zero attached hydrogens (tertiary/aromatic N) is 1. The van der Waals surface area contributed by atoms with Gasteiger partial charge < -0.3 is 5.11 Å². The number of hydrogen-bond donors (Lipinski definition) is 1. The van der Waals surface area contributed by atoms with Crippen molar-refractivity contribution in [3.8, 4) is 0 Å². The van der Waals surface area contributed by atoms with E-state index in [0.29, 0.717) is 12.0 Å². The van der Waals surface area contributed by atoms with Crippen LogP contribution in [-0.4, -0.2) is 15.7 Å². The lowest BCUT2D eigenvalue weighted by Gasteiger charge is -2.16. The van der Waals surface area contributed by atoms with Gasteiger partial charge in [-0.15, -0.1) is 0 Å². The van der Waals surface area contributed by atoms with E-state index in [0.717, 1.165) is 6.20 Å². The van der Waals surface area contributed by atoms with Gasteiger partial charge in [-0.3, -0.25) is 4.98 Å². The predicted molar refractivity (Wildman–Crippen MR) is 44.2 cm³/mol. The van der Waals surface area contributed by atoms with Crippen LogP contribution in [0.2, 0.25) is 0 Å². The molecule has 66 valence electrons. The average molecular weight is 169 g/mol. The fourth-order valence-corrected chi connectivity index (χ4v) is 1.05. The van der Waals surface area contributed by atoms with E-state index in [4.69, 9.17) is 0 Å². The Morgan fingerprint density at radius 3 is 2.67 bits per heavy atom. The second kappa shape index (κ2) is 3.19. The van der Waals surface area contributed by atoms with Crippen LogP contribution >= 0.6 is 0 Å². The molecule has 0 aliphatic heterocycles. The molecule has 0 saturated carbocycles. The van der Waals surface area contributed by atoms with Crippen molar-refractivity contribution in [3.63, 3.8) is 0 Å². The van der Waals surface area contributed by atoms with E-state index in [9.17, 15) is 9.50 Å². The van der Waals surface area contributed by atoms with Crippen LogP contribution in [0.1, 0.15) is 19.4 Å². The van der Waals surface area contributed by atoms with Crippen LogP contribution in [0, 0.1) is 5.82 Å². The summed E-state index contributed by atoms with van der Waals surface area (Å²) in [5.74, 6) is -0.364. The van der Waals surface area contributed by atoms with Crippen LogP contribution in [0.5, 0.6) is 0 Å². The van der Waals surface area contributed by atoms with Crippen LogP contribution in [0.25, 0.3) is 0 Å². The monoisotopic (exact) mass is 169 g/mol. The largest absolute Gasteiger partial charge is 0.390 e. The Bertz CT molecular complexity index is 267. The molecule has 1 aromatic heterocycles. The number of rotatable bonds is 2. The lowest BCUT2D eigenvalue weighted by atomic mass is 10.0. The van der Waals surface area contributed by atoms with E-state index in [1.54, 1.807) is 20.0 Å². The van der Waals surface area contributed by atoms with E-state index in [1.807, 2.05) is 0 Å². The molecule has 0 fully saturated rings. The Labute approximate surface area is 71.1 Å². The van der Waals surface area contributed by atoms with Crippen LogP contribution in [0.3, 0.4) is 0 Å². The molecular formula is C9H12FNO. The van der Waals surface area contributed by atoms with Gasteiger partial charge in [0.15, 0.2) is 0 Å². The molecule has 0 atom stereocenters. The van der Waals surface area contributed by atoms with E-state index >= 15 is 0 Å². The lowest BCUT2D eigenvalue weighted by Crippen LogP contribution is -2.21. The third-order valence-corrected chi connectivity index (χ3v) is 1.40. The van der Waals surface area contributed by atoms with Gasteiger partial charge in [-0.05, 0) is 25.5 Å². The van der Waals surface area contributed by atoms with E-state index in [1.165, 1.54) is 6.07 Å². The molecule has 0 spiro atoms. The van der Waals surface area contributed by atoms with Crippen molar-refractivity contribution >= 4 is 0 Å². The third-order valence-electron chi connectivity index (χ3n) is 1.40. The summed E-state index contributed by atoms with van der Waals surface area (Å²) in [4.78, 5) is 3.68. The first kappa shape index (κ1) is 9.13. The van der Waals surface area contributed by atoms with Crippen molar-refractivity contribution in [2.75, 3.05) is 0 Å². The van der Waals surface area contributed by atoms with Crippen LogP contribution in [0.15, 0.2) is 18.5 Å². The van der Waals surface area contributed by atoms with Gasteiger partial charge in [-0.25, -0.2) is 4.39 Å². The van der Waals surface area contributed by atoms with Crippen molar-refractivity contribution in [2.45, 2.75) is 25.9 Å². The molecule has 12 heavy (non-hydrogen) atoms. The fourth-order valence-electron chi connectivity index (χ4n) is 1.05. The first-order valence-electron chi connectivity index (χ1n) is 3.79. The molecule has 0 aliphatic carbocycles. The molecule has 1 N–H and O–H groups in total. The normalized spacial score (nSPS) is 11.7. The van der Waals surface area contributed by atoms with Gasteiger partial charge in [-0.1, -0.05) is 0 Å². The molecule has 0 aromatic carbocycles. The predicted octanol–water partition coefficient (Wildman–Crippen LogP) is 1.53. The maximum absolute atomic E-state index is 12.6. The molecule has 1 heterocycles. The molecule has 3 heteroatoms. The lowest BCUT2D eigenvalue weighted by molar-refractivity contribution is 0.0808. The topological polar surface area (TPSA) is 33.1 Å². The minimum absolute atomic E-state index is 0.364. The minimum Gasteiger partial charge on any atom is -0.390 e. The summed E-state index contributed by atoms with van der Waals surface area (Å²) in [7, 11) is 0. The first-order chi connectivity index (χ1) is 5.47. The molecule has 0 radical (unpaired) electrons. The quantitative estimate of drug-likeness (QED) is 0.728. The molecule has 0 aliphatic rings. The molecular weight excluding hydrogens is 157 g/mol. The number of hydrogen-bond acceptors (Lipinski definition) is 2. The van der Waals surface area contributed by atoms with Gasteiger partial charge in [0.25, 0.3) is 0 Å². The van der Waals surface area contributed by atoms with Gasteiger partial charge in [0.2, 0.25) is 0 Å². The molecule has 1 rings (SSSR count). The highest BCUT2D eigenvalue weighted by atomic mass is 19.1. The van der Waals surface area contributed by atoms with Crippen molar-refractivity contribution in [1.29, 1.82) is 0 Å². The van der Waals surface area contributed by atoms with E-state index in [-0.39, 0.29) is 5.82 Å². The molecule has 0 saturated heterocycles. The number of aliphatic hydroxyl groups is 1. The zero-order valence-corrected chi connectivity index (χ0v) is 7.21. The van der Waals surface area contributed by atoms with Crippen molar-refractivity contribution < 1.29 is 9.50 Å². The molecule has 0 amide bonds. The molecule has 2 nitrogen and oxygen atoms in total. The van der Waals surface area contributed by atoms with Crippen molar-refractivity contribution in [3.05, 3.63) is 29.8 Å². The van der Waals surface area contributed by atoms with Gasteiger partial charge in [-0.2, -0.15) is 0 Å². The summed E-state index contributed by atoms with van der Waals surface area (Å²) >= 11 is 0. The van der Waals surface area contributed by atoms with Gasteiger partial charge in [0, 0.05) is 12.6 Å². The van der Waals surface area contributed by atoms with Crippen LogP contribution < -0.4 is 0 Å². The Hall–Kier alpha value is -0.960. The SMILES string of the molecule is CC(C)(O)Cc1cncc(F)c1. The highest BCUT2D eigenvalue weighted by Crippen LogP contribution is 2.11. The van der Waals surface area contributed by atoms with Crippen LogP contribution in [0.4, 0.5) is 4.39 Å². The highest BCUT2D eigenvalue weighted by Gasteiger charge is 2.13. The maximum Gasteiger partial charge on any atom is 0.141 e. The van der Waals surface area contributed by atoms with E-state index < -0.39 is 5.60 Å². The summed E-state index contributed by atoms with van der Waals surface area (Å²) in [5, 5.41) is 9.41. The summed E-state index contributed by atoms with van der Waals surface area (Å²) in [6.07, 6.45) is 3.12. The second-order valence-corrected chi connectivity index (χ2v) is 3.50. The van der Waals surface area contributed by atoms with Crippen LogP contribution in [-0.2, 0) is 6.42 Å². The van der Waals surface area contributed by atoms with Gasteiger partial charge >= 0.3 is 0 Å². The Balaban J connectivity index is 2.77. The van der Waals surface area contributed by atoms with Gasteiger partial charge in [0.1, 0.15) is 5.82 Å². The molecule has 0 unspecified atom stereocenters. The standard InChI is InChI=1S/C9H12FNO/c1-9(2,12)4-7-3-8(10)6-11-5-7/h3,5-6,12H,4H2,1-2H3. The molecule has 0 bridgehead atoms. The molecule has 1 aromatic rings. The average Bonchev–Trinajstić information content (AvgIpc) is 1.82. The number of aromatic nitrogens is 1. The highest BCUT2D eigenvalue weighted by molar-refractivity contribution is 5.12. The second-order valence-electron chi connectivity index (χ2n) is 3.50. The first-order valence-corrected chi connectivity index (χ1v) is 3.79. The summed E-state index contributed by atoms with van der Waals surface area (Å²) in [6, 6.07) is 1.38. The summed E-state index contributed by atoms with van der Waals surface area (Å²) in [6.45, 7) is 3.36. The number of pyridine rings is 1. The Morgan fingerprint density at radius 2 is 2.17 bits per heavy atom. The smallest absolute Gasteiger partial charge is 0.141 e. The third kappa shape index (κ3) is 2.96. The summed E-state index contributed by atoms with van der Waals surface area (Å²) in [5.41, 5.74) is -0.0994. The minimum atomic E-state index is -0.810. The fraction of sp³-hybridized carbons (Fsp3) is 0.444. The van der Waals surface area contributed by atoms with Gasteiger partial charge in [0.05, 0.1) is 11.8 Å². The van der Waals surface area contributed by atoms with Crippen molar-refractivity contribution in [1.82, 2.24) is 4.98 Å². The number of halogens is 1. The Morgan fingerprint density at radius 1 is 1.50 bits per heavy atom. The zero-order chi connectivity index (χ0) is 9.19. The van der Waals surface area contributed by atoms with Crippen molar-refractivity contribution in [2.24, 2.45) is 0 Å². The Kier molecular flexibility index (Phi) is 2.43. The zero-order valence-electron chi connectivity index (χ0n) is 7.21. The summed E-state index contributed by atoms with van der Waals surface area (Å²) < 4.78 is 12.6. The maximum atomic E-state index is 12.6.